The van der Waals surface area contributed by atoms with E-state index in [0.717, 1.165) is 30.1 Å². The molecule has 2 fully saturated rings. The third-order valence-corrected chi connectivity index (χ3v) is 8.34. The molecule has 3 heterocycles. The minimum atomic E-state index is -0.584. The molecule has 2 saturated heterocycles. The molecule has 0 unspecified atom stereocenters. The fourth-order valence-electron chi connectivity index (χ4n) is 5.30. The number of anilines is 4. The summed E-state index contributed by atoms with van der Waals surface area (Å²) in [6.45, 7) is 4.62. The number of aromatic nitrogens is 1. The maximum absolute atomic E-state index is 13.0. The molecule has 11 heteroatoms. The Labute approximate surface area is 225 Å². The van der Waals surface area contributed by atoms with Crippen molar-refractivity contribution in [3.63, 3.8) is 0 Å². The van der Waals surface area contributed by atoms with Crippen LogP contribution in [0.3, 0.4) is 0 Å². The van der Waals surface area contributed by atoms with Gasteiger partial charge in [0.25, 0.3) is 0 Å². The number of nitrogens with one attached hydrogen (secondary N) is 1. The molecule has 2 aliphatic rings. The summed E-state index contributed by atoms with van der Waals surface area (Å²) in [5.41, 5.74) is 7.94. The third kappa shape index (κ3) is 5.58. The third-order valence-electron chi connectivity index (χ3n) is 7.35. The van der Waals surface area contributed by atoms with Crippen LogP contribution in [0.1, 0.15) is 47.3 Å². The quantitative estimate of drug-likeness (QED) is 0.230. The SMILES string of the molecule is COc1ccc(C(=O)c2sc(Nc3ccc(N4CCC(N5CCCCC5)CC4)cc3)nc2N)cc1[N+](=O)[O-]. The van der Waals surface area contributed by atoms with Gasteiger partial charge in [-0.15, -0.1) is 0 Å². The number of carbonyl (C=O) groups is 1. The first kappa shape index (κ1) is 25.9. The minimum absolute atomic E-state index is 0.0779. The molecule has 3 aromatic rings. The molecule has 0 atom stereocenters. The number of rotatable bonds is 8. The molecule has 2 aromatic carbocycles. The maximum atomic E-state index is 13.0. The molecule has 0 bridgehead atoms. The molecule has 0 radical (unpaired) electrons. The number of likely N-dealkylation sites (tertiary alicyclic amines) is 1. The van der Waals surface area contributed by atoms with Crippen molar-refractivity contribution < 1.29 is 14.5 Å². The van der Waals surface area contributed by atoms with Gasteiger partial charge in [-0.3, -0.25) is 14.9 Å². The zero-order valence-corrected chi connectivity index (χ0v) is 22.2. The Kier molecular flexibility index (Phi) is 7.75. The molecule has 1 aromatic heterocycles. The van der Waals surface area contributed by atoms with E-state index in [4.69, 9.17) is 10.5 Å². The average Bonchev–Trinajstić information content (AvgIpc) is 3.32. The highest BCUT2D eigenvalue weighted by molar-refractivity contribution is 7.18. The average molecular weight is 537 g/mol. The Balaban J connectivity index is 1.22. The van der Waals surface area contributed by atoms with Crippen molar-refractivity contribution in [2.45, 2.75) is 38.1 Å². The van der Waals surface area contributed by atoms with Crippen molar-refractivity contribution in [1.29, 1.82) is 0 Å². The van der Waals surface area contributed by atoms with E-state index in [2.05, 4.69) is 32.2 Å². The van der Waals surface area contributed by atoms with Crippen molar-refractivity contribution in [2.75, 3.05) is 49.2 Å². The number of piperidine rings is 2. The van der Waals surface area contributed by atoms with Gasteiger partial charge >= 0.3 is 5.69 Å². The van der Waals surface area contributed by atoms with E-state index >= 15 is 0 Å². The molecule has 0 saturated carbocycles. The summed E-state index contributed by atoms with van der Waals surface area (Å²) in [5.74, 6) is -0.266. The molecule has 0 spiro atoms. The van der Waals surface area contributed by atoms with Gasteiger partial charge in [0.15, 0.2) is 10.9 Å². The number of carbonyl (C=O) groups excluding carboxylic acids is 1. The van der Waals surface area contributed by atoms with Gasteiger partial charge in [0.05, 0.1) is 12.0 Å². The first-order chi connectivity index (χ1) is 18.4. The van der Waals surface area contributed by atoms with Crippen LogP contribution in [0, 0.1) is 10.1 Å². The van der Waals surface area contributed by atoms with Crippen LogP contribution in [0.5, 0.6) is 5.75 Å². The van der Waals surface area contributed by atoms with Gasteiger partial charge in [-0.1, -0.05) is 17.8 Å². The lowest BCUT2D eigenvalue weighted by Gasteiger charge is -2.41. The highest BCUT2D eigenvalue weighted by atomic mass is 32.1. The minimum Gasteiger partial charge on any atom is -0.490 e. The van der Waals surface area contributed by atoms with Crippen molar-refractivity contribution in [1.82, 2.24) is 9.88 Å². The molecule has 0 aliphatic carbocycles. The van der Waals surface area contributed by atoms with E-state index in [1.54, 1.807) is 0 Å². The molecule has 5 rings (SSSR count). The summed E-state index contributed by atoms with van der Waals surface area (Å²) in [6.07, 6.45) is 6.44. The van der Waals surface area contributed by atoms with Gasteiger partial charge in [-0.05, 0) is 75.2 Å². The van der Waals surface area contributed by atoms with E-state index in [1.807, 2.05) is 12.1 Å². The Morgan fingerprint density at radius 1 is 1.11 bits per heavy atom. The second kappa shape index (κ2) is 11.4. The molecule has 38 heavy (non-hydrogen) atoms. The van der Waals surface area contributed by atoms with Crippen LogP contribution in [0.15, 0.2) is 42.5 Å². The lowest BCUT2D eigenvalue weighted by Crippen LogP contribution is -2.46. The van der Waals surface area contributed by atoms with Crippen LogP contribution >= 0.6 is 11.3 Å². The van der Waals surface area contributed by atoms with Gasteiger partial charge in [-0.25, -0.2) is 4.98 Å². The smallest absolute Gasteiger partial charge is 0.311 e. The van der Waals surface area contributed by atoms with Gasteiger partial charge in [0.2, 0.25) is 5.78 Å². The summed E-state index contributed by atoms with van der Waals surface area (Å²) < 4.78 is 5.02. The summed E-state index contributed by atoms with van der Waals surface area (Å²) in [4.78, 5) is 33.4. The first-order valence-corrected chi connectivity index (χ1v) is 13.7. The number of hydrogen-bond acceptors (Lipinski definition) is 10. The van der Waals surface area contributed by atoms with Crippen LogP contribution in [0.4, 0.5) is 28.0 Å². The van der Waals surface area contributed by atoms with Crippen LogP contribution in [0.2, 0.25) is 0 Å². The van der Waals surface area contributed by atoms with Crippen molar-refractivity contribution in [3.8, 4) is 5.75 Å². The Bertz CT molecular complexity index is 1300. The summed E-state index contributed by atoms with van der Waals surface area (Å²) >= 11 is 1.11. The number of nitro benzene ring substituents is 1. The fraction of sp³-hybridized carbons (Fsp3) is 0.407. The number of methoxy groups -OCH3 is 1. The van der Waals surface area contributed by atoms with Gasteiger partial charge in [-0.2, -0.15) is 0 Å². The molecule has 200 valence electrons. The molecular formula is C27H32N6O4S. The Hall–Kier alpha value is -3.70. The van der Waals surface area contributed by atoms with Crippen molar-refractivity contribution in [2.24, 2.45) is 0 Å². The van der Waals surface area contributed by atoms with E-state index in [0.29, 0.717) is 11.2 Å². The van der Waals surface area contributed by atoms with Crippen LogP contribution < -0.4 is 20.7 Å². The molecule has 3 N–H and O–H groups in total. The Morgan fingerprint density at radius 3 is 2.47 bits per heavy atom. The summed E-state index contributed by atoms with van der Waals surface area (Å²) in [5, 5.41) is 15.0. The van der Waals surface area contributed by atoms with E-state index in [-0.39, 0.29) is 27.7 Å². The van der Waals surface area contributed by atoms with E-state index in [9.17, 15) is 14.9 Å². The highest BCUT2D eigenvalue weighted by Gasteiger charge is 2.26. The van der Waals surface area contributed by atoms with E-state index < -0.39 is 10.7 Å². The van der Waals surface area contributed by atoms with Gasteiger partial charge < -0.3 is 25.6 Å². The van der Waals surface area contributed by atoms with Crippen LogP contribution in [-0.2, 0) is 0 Å². The summed E-state index contributed by atoms with van der Waals surface area (Å²) in [7, 11) is 1.34. The van der Waals surface area contributed by atoms with Crippen LogP contribution in [-0.4, -0.2) is 59.9 Å². The number of nitrogens with zero attached hydrogens (tertiary/aromatic N) is 4. The fourth-order valence-corrected chi connectivity index (χ4v) is 6.17. The van der Waals surface area contributed by atoms with Crippen molar-refractivity contribution >= 4 is 45.1 Å². The number of thiazole rings is 1. The normalized spacial score (nSPS) is 16.8. The number of ketones is 1. The number of nitrogens with two attached hydrogens (primary N) is 1. The van der Waals surface area contributed by atoms with Crippen LogP contribution in [0.25, 0.3) is 0 Å². The second-order valence-corrected chi connectivity index (χ2v) is 10.7. The van der Waals surface area contributed by atoms with Gasteiger partial charge in [0, 0.05) is 42.1 Å². The van der Waals surface area contributed by atoms with E-state index in [1.165, 1.54) is 76.2 Å². The maximum Gasteiger partial charge on any atom is 0.311 e. The molecular weight excluding hydrogens is 504 g/mol. The molecule has 0 amide bonds. The number of nitro groups is 1. The number of hydrogen-bond donors (Lipinski definition) is 2. The lowest BCUT2D eigenvalue weighted by atomic mass is 9.99. The topological polar surface area (TPSA) is 127 Å². The molecule has 10 nitrogen and oxygen atoms in total. The van der Waals surface area contributed by atoms with Crippen molar-refractivity contribution in [3.05, 3.63) is 63.0 Å². The number of benzene rings is 2. The predicted molar refractivity (Wildman–Crippen MR) is 150 cm³/mol. The lowest BCUT2D eigenvalue weighted by molar-refractivity contribution is -0.385. The zero-order valence-electron chi connectivity index (χ0n) is 21.4. The van der Waals surface area contributed by atoms with Gasteiger partial charge in [0.1, 0.15) is 10.7 Å². The highest BCUT2D eigenvalue weighted by Crippen LogP contribution is 2.33. The number of ether oxygens (including phenoxy) is 1. The summed E-state index contributed by atoms with van der Waals surface area (Å²) in [6, 6.07) is 13.0. The largest absolute Gasteiger partial charge is 0.490 e. The Morgan fingerprint density at radius 2 is 1.82 bits per heavy atom. The monoisotopic (exact) mass is 536 g/mol. The predicted octanol–water partition coefficient (Wildman–Crippen LogP) is 5.07. The zero-order chi connectivity index (χ0) is 26.6. The standard InChI is InChI=1S/C27H32N6O4S/c1-37-23-10-5-18(17-22(23)33(35)36)24(34)25-26(28)30-27(38-25)29-19-6-8-20(9-7-19)32-15-11-21(12-16-32)31-13-3-2-4-14-31/h5-10,17,21H,2-4,11-16,28H2,1H3,(H,29,30). The number of nitrogen functional groups attached to an aromatic ring is 1. The second-order valence-electron chi connectivity index (χ2n) is 9.69. The molecule has 2 aliphatic heterocycles. The first-order valence-electron chi connectivity index (χ1n) is 12.9.